The smallest absolute Gasteiger partial charge is 0.465 e. The second-order valence-electron chi connectivity index (χ2n) is 3.63. The van der Waals surface area contributed by atoms with Gasteiger partial charge in [-0.1, -0.05) is 6.92 Å². The van der Waals surface area contributed by atoms with E-state index in [0.29, 0.717) is 6.42 Å². The van der Waals surface area contributed by atoms with Gasteiger partial charge in [-0.2, -0.15) is 0 Å². The zero-order chi connectivity index (χ0) is 15.1. The molecule has 0 aliphatic rings. The Kier molecular flexibility index (Phi) is 5.45. The minimum Gasteiger partial charge on any atom is -0.465 e. The molecule has 0 N–H and O–H groups in total. The highest BCUT2D eigenvalue weighted by Crippen LogP contribution is 2.28. The Morgan fingerprint density at radius 2 is 2.05 bits per heavy atom. The number of nitrogens with zero attached hydrogens (tertiary/aromatic N) is 1. The summed E-state index contributed by atoms with van der Waals surface area (Å²) in [5.74, 6) is -1.03. The summed E-state index contributed by atoms with van der Waals surface area (Å²) >= 11 is 0. The molecule has 8 nitrogen and oxygen atoms in total. The number of carbonyl (C=O) groups excluding carboxylic acids is 2. The Morgan fingerprint density at radius 1 is 1.35 bits per heavy atom. The number of nitro benzene ring substituents is 1. The summed E-state index contributed by atoms with van der Waals surface area (Å²) in [4.78, 5) is 32.7. The van der Waals surface area contributed by atoms with Gasteiger partial charge in [0.25, 0.3) is 0 Å². The van der Waals surface area contributed by atoms with E-state index >= 15 is 0 Å². The van der Waals surface area contributed by atoms with E-state index in [2.05, 4.69) is 9.47 Å². The van der Waals surface area contributed by atoms with Gasteiger partial charge in [0.15, 0.2) is 0 Å². The first-order valence-corrected chi connectivity index (χ1v) is 5.71. The summed E-state index contributed by atoms with van der Waals surface area (Å²) in [5, 5.41) is 10.9. The quantitative estimate of drug-likeness (QED) is 0.353. The van der Waals surface area contributed by atoms with Crippen molar-refractivity contribution in [1.82, 2.24) is 0 Å². The van der Waals surface area contributed by atoms with Crippen molar-refractivity contribution in [2.24, 2.45) is 0 Å². The predicted molar refractivity (Wildman–Crippen MR) is 66.7 cm³/mol. The SMILES string of the molecule is CCCOC(=O)Oc1ccc(C(=O)OC)cc1[N+](=O)[O-]. The van der Waals surface area contributed by atoms with Gasteiger partial charge in [-0.05, 0) is 18.6 Å². The lowest BCUT2D eigenvalue weighted by Gasteiger charge is -2.06. The minimum atomic E-state index is -1.04. The summed E-state index contributed by atoms with van der Waals surface area (Å²) in [5.41, 5.74) is -0.546. The van der Waals surface area contributed by atoms with Crippen LogP contribution in [0.5, 0.6) is 5.75 Å². The molecule has 0 unspecified atom stereocenters. The topological polar surface area (TPSA) is 105 Å². The molecule has 1 aromatic rings. The van der Waals surface area contributed by atoms with E-state index in [0.717, 1.165) is 19.2 Å². The third-order valence-corrected chi connectivity index (χ3v) is 2.19. The number of esters is 1. The lowest BCUT2D eigenvalue weighted by molar-refractivity contribution is -0.385. The van der Waals surface area contributed by atoms with Crippen LogP contribution in [0, 0.1) is 10.1 Å². The molecule has 0 amide bonds. The van der Waals surface area contributed by atoms with Crippen molar-refractivity contribution in [3.63, 3.8) is 0 Å². The van der Waals surface area contributed by atoms with Crippen molar-refractivity contribution in [1.29, 1.82) is 0 Å². The van der Waals surface area contributed by atoms with E-state index in [1.165, 1.54) is 6.07 Å². The fourth-order valence-electron chi connectivity index (χ4n) is 1.30. The van der Waals surface area contributed by atoms with Crippen LogP contribution in [0.25, 0.3) is 0 Å². The third kappa shape index (κ3) is 3.94. The Balaban J connectivity index is 2.99. The van der Waals surface area contributed by atoms with Crippen LogP contribution in [-0.4, -0.2) is 30.8 Å². The zero-order valence-electron chi connectivity index (χ0n) is 11.0. The average Bonchev–Trinajstić information content (AvgIpc) is 2.44. The number of carbonyl (C=O) groups is 2. The monoisotopic (exact) mass is 283 g/mol. The molecule has 1 rings (SSSR count). The van der Waals surface area contributed by atoms with Gasteiger partial charge in [-0.25, -0.2) is 9.59 Å². The van der Waals surface area contributed by atoms with Gasteiger partial charge in [0.1, 0.15) is 0 Å². The number of hydrogen-bond donors (Lipinski definition) is 0. The molecular weight excluding hydrogens is 270 g/mol. The van der Waals surface area contributed by atoms with Crippen LogP contribution in [0.3, 0.4) is 0 Å². The van der Waals surface area contributed by atoms with Crippen molar-refractivity contribution in [2.75, 3.05) is 13.7 Å². The molecule has 0 spiro atoms. The van der Waals surface area contributed by atoms with Gasteiger partial charge in [0.2, 0.25) is 5.75 Å². The summed E-state index contributed by atoms with van der Waals surface area (Å²) in [6, 6.07) is 3.35. The lowest BCUT2D eigenvalue weighted by Crippen LogP contribution is -2.12. The van der Waals surface area contributed by atoms with Gasteiger partial charge in [-0.15, -0.1) is 0 Å². The number of ether oxygens (including phenoxy) is 3. The molecule has 0 atom stereocenters. The number of nitro groups is 1. The average molecular weight is 283 g/mol. The molecule has 0 fully saturated rings. The summed E-state index contributed by atoms with van der Waals surface area (Å²) in [6.07, 6.45) is -0.445. The molecule has 108 valence electrons. The normalized spacial score (nSPS) is 9.70. The Morgan fingerprint density at radius 3 is 2.60 bits per heavy atom. The van der Waals surface area contributed by atoms with Gasteiger partial charge in [-0.3, -0.25) is 10.1 Å². The Labute approximate surface area is 114 Å². The first-order valence-electron chi connectivity index (χ1n) is 5.71. The second-order valence-corrected chi connectivity index (χ2v) is 3.63. The standard InChI is InChI=1S/C12H13NO7/c1-3-6-19-12(15)20-10-5-4-8(11(14)18-2)7-9(10)13(16)17/h4-5,7H,3,6H2,1-2H3. The van der Waals surface area contributed by atoms with Crippen LogP contribution in [0.2, 0.25) is 0 Å². The lowest BCUT2D eigenvalue weighted by atomic mass is 10.2. The van der Waals surface area contributed by atoms with Crippen LogP contribution < -0.4 is 4.74 Å². The van der Waals surface area contributed by atoms with E-state index in [9.17, 15) is 19.7 Å². The van der Waals surface area contributed by atoms with Crippen LogP contribution in [-0.2, 0) is 9.47 Å². The molecule has 20 heavy (non-hydrogen) atoms. The van der Waals surface area contributed by atoms with Crippen LogP contribution in [0.15, 0.2) is 18.2 Å². The van der Waals surface area contributed by atoms with Crippen LogP contribution in [0.1, 0.15) is 23.7 Å². The van der Waals surface area contributed by atoms with Gasteiger partial charge < -0.3 is 14.2 Å². The Bertz CT molecular complexity index is 527. The van der Waals surface area contributed by atoms with E-state index < -0.39 is 22.7 Å². The van der Waals surface area contributed by atoms with Gasteiger partial charge in [0, 0.05) is 6.07 Å². The predicted octanol–water partition coefficient (Wildman–Crippen LogP) is 2.31. The van der Waals surface area contributed by atoms with Crippen molar-refractivity contribution < 1.29 is 28.7 Å². The molecule has 0 saturated carbocycles. The second kappa shape index (κ2) is 7.07. The Hall–Kier alpha value is -2.64. The highest BCUT2D eigenvalue weighted by Gasteiger charge is 2.21. The van der Waals surface area contributed by atoms with Gasteiger partial charge >= 0.3 is 17.8 Å². The molecule has 0 radical (unpaired) electrons. The van der Waals surface area contributed by atoms with Gasteiger partial charge in [0.05, 0.1) is 24.2 Å². The minimum absolute atomic E-state index is 0.0199. The molecule has 0 heterocycles. The molecule has 0 aromatic heterocycles. The molecular formula is C12H13NO7. The maximum atomic E-state index is 11.3. The molecule has 0 aliphatic heterocycles. The summed E-state index contributed by atoms with van der Waals surface area (Å²) < 4.78 is 13.8. The van der Waals surface area contributed by atoms with Crippen LogP contribution in [0.4, 0.5) is 10.5 Å². The van der Waals surface area contributed by atoms with E-state index in [1.807, 2.05) is 0 Å². The van der Waals surface area contributed by atoms with Crippen LogP contribution >= 0.6 is 0 Å². The maximum absolute atomic E-state index is 11.3. The highest BCUT2D eigenvalue weighted by molar-refractivity contribution is 5.90. The highest BCUT2D eigenvalue weighted by atomic mass is 16.7. The maximum Gasteiger partial charge on any atom is 0.514 e. The number of benzene rings is 1. The fourth-order valence-corrected chi connectivity index (χ4v) is 1.30. The number of methoxy groups -OCH3 is 1. The zero-order valence-corrected chi connectivity index (χ0v) is 11.0. The number of rotatable bonds is 5. The molecule has 8 heteroatoms. The first-order chi connectivity index (χ1) is 9.49. The van der Waals surface area contributed by atoms with E-state index in [1.54, 1.807) is 6.92 Å². The van der Waals surface area contributed by atoms with Crippen molar-refractivity contribution in [3.8, 4) is 5.75 Å². The summed E-state index contributed by atoms with van der Waals surface area (Å²) in [6.45, 7) is 1.94. The van der Waals surface area contributed by atoms with Crippen molar-refractivity contribution >= 4 is 17.8 Å². The largest absolute Gasteiger partial charge is 0.514 e. The molecule has 0 aliphatic carbocycles. The third-order valence-electron chi connectivity index (χ3n) is 2.19. The fraction of sp³-hybridized carbons (Fsp3) is 0.333. The first kappa shape index (κ1) is 15.4. The molecule has 0 bridgehead atoms. The number of hydrogen-bond acceptors (Lipinski definition) is 7. The van der Waals surface area contributed by atoms with E-state index in [-0.39, 0.29) is 17.9 Å². The summed E-state index contributed by atoms with van der Waals surface area (Å²) in [7, 11) is 1.15. The van der Waals surface area contributed by atoms with E-state index in [4.69, 9.17) is 4.74 Å². The molecule has 0 saturated heterocycles. The molecule has 1 aromatic carbocycles. The van der Waals surface area contributed by atoms with Crippen molar-refractivity contribution in [2.45, 2.75) is 13.3 Å². The van der Waals surface area contributed by atoms with Crippen molar-refractivity contribution in [3.05, 3.63) is 33.9 Å².